The van der Waals surface area contributed by atoms with Crippen LogP contribution in [-0.2, 0) is 14.2 Å². The fourth-order valence-corrected chi connectivity index (χ4v) is 5.94. The topological polar surface area (TPSA) is 206 Å². The summed E-state index contributed by atoms with van der Waals surface area (Å²) in [4.78, 5) is 34.9. The Bertz CT molecular complexity index is 2060. The number of rotatable bonds is 8. The third-order valence-corrected chi connectivity index (χ3v) is 8.59. The molecular weight excluding hydrogens is 696 g/mol. The van der Waals surface area contributed by atoms with Gasteiger partial charge in [0, 0.05) is 74.0 Å². The number of furan rings is 2. The SMILES string of the molecule is COc1cc(N2CCOCCOCCN(c3cc(OC)c4cc(-c5ncc(C(=O)O)o5)oc4c3)CCOCC2)cc2oc(-c3ncc(C(=O)O)o3)cc12. The second-order valence-corrected chi connectivity index (χ2v) is 11.8. The Balaban J connectivity index is 1.07. The molecule has 7 rings (SSSR count). The van der Waals surface area contributed by atoms with Crippen molar-refractivity contribution in [1.82, 2.24) is 9.97 Å². The minimum atomic E-state index is -1.23. The Labute approximate surface area is 301 Å². The van der Waals surface area contributed by atoms with Crippen molar-refractivity contribution in [3.63, 3.8) is 0 Å². The van der Waals surface area contributed by atoms with Crippen LogP contribution in [0.4, 0.5) is 11.4 Å². The molecule has 0 spiro atoms. The summed E-state index contributed by atoms with van der Waals surface area (Å²) >= 11 is 0. The molecule has 4 aromatic heterocycles. The number of hydrogen-bond acceptors (Lipinski definition) is 15. The molecule has 0 amide bonds. The number of aromatic carboxylic acids is 2. The number of nitrogens with zero attached hydrogens (tertiary/aromatic N) is 4. The largest absolute Gasteiger partial charge is 0.496 e. The summed E-state index contributed by atoms with van der Waals surface area (Å²) in [5.41, 5.74) is 2.64. The lowest BCUT2D eigenvalue weighted by Gasteiger charge is -2.26. The summed E-state index contributed by atoms with van der Waals surface area (Å²) in [7, 11) is 3.13. The molecule has 0 atom stereocenters. The van der Waals surface area contributed by atoms with Gasteiger partial charge in [-0.05, 0) is 0 Å². The van der Waals surface area contributed by atoms with Crippen molar-refractivity contribution in [2.24, 2.45) is 0 Å². The Morgan fingerprint density at radius 1 is 0.585 bits per heavy atom. The Kier molecular flexibility index (Phi) is 10.5. The highest BCUT2D eigenvalue weighted by molar-refractivity contribution is 5.92. The van der Waals surface area contributed by atoms with Crippen LogP contribution in [0.1, 0.15) is 21.1 Å². The van der Waals surface area contributed by atoms with Gasteiger partial charge in [-0.3, -0.25) is 0 Å². The molecule has 0 aliphatic carbocycles. The first kappa shape index (κ1) is 35.4. The summed E-state index contributed by atoms with van der Waals surface area (Å²) in [5, 5.41) is 19.8. The van der Waals surface area contributed by atoms with Crippen molar-refractivity contribution in [1.29, 1.82) is 0 Å². The summed E-state index contributed by atoms with van der Waals surface area (Å²) in [6.07, 6.45) is 2.26. The number of ether oxygens (including phenoxy) is 5. The quantitative estimate of drug-likeness (QED) is 0.204. The average Bonchev–Trinajstić information content (AvgIpc) is 3.98. The van der Waals surface area contributed by atoms with Gasteiger partial charge in [0.1, 0.15) is 22.7 Å². The summed E-state index contributed by atoms with van der Waals surface area (Å²) in [6.45, 7) is 4.65. The average molecular weight is 733 g/mol. The highest BCUT2D eigenvalue weighted by Gasteiger charge is 2.22. The van der Waals surface area contributed by atoms with Gasteiger partial charge in [0.25, 0.3) is 11.8 Å². The monoisotopic (exact) mass is 732 g/mol. The third-order valence-electron chi connectivity index (χ3n) is 8.59. The van der Waals surface area contributed by atoms with E-state index in [-0.39, 0.29) is 34.8 Å². The predicted molar refractivity (Wildman–Crippen MR) is 187 cm³/mol. The van der Waals surface area contributed by atoms with Crippen LogP contribution in [0.2, 0.25) is 0 Å². The maximum Gasteiger partial charge on any atom is 0.373 e. The fraction of sp³-hybridized carbons (Fsp3) is 0.333. The zero-order valence-corrected chi connectivity index (χ0v) is 28.9. The molecule has 2 N–H and O–H groups in total. The molecule has 1 aliphatic heterocycles. The van der Waals surface area contributed by atoms with Crippen LogP contribution in [0.25, 0.3) is 45.2 Å². The van der Waals surface area contributed by atoms with Crippen molar-refractivity contribution >= 4 is 45.3 Å². The van der Waals surface area contributed by atoms with Crippen LogP contribution in [0.3, 0.4) is 0 Å². The van der Waals surface area contributed by atoms with Crippen LogP contribution in [0, 0.1) is 0 Å². The molecule has 0 radical (unpaired) electrons. The van der Waals surface area contributed by atoms with Crippen molar-refractivity contribution in [3.05, 3.63) is 60.3 Å². The zero-order valence-electron chi connectivity index (χ0n) is 28.9. The van der Waals surface area contributed by atoms with E-state index in [2.05, 4.69) is 19.8 Å². The molecule has 53 heavy (non-hydrogen) atoms. The van der Waals surface area contributed by atoms with Gasteiger partial charge < -0.3 is 61.4 Å². The summed E-state index contributed by atoms with van der Waals surface area (Å²) in [6, 6.07) is 10.9. The molecule has 17 heteroatoms. The van der Waals surface area contributed by atoms with Gasteiger partial charge in [-0.25, -0.2) is 19.6 Å². The van der Waals surface area contributed by atoms with Crippen molar-refractivity contribution in [2.45, 2.75) is 0 Å². The molecule has 5 heterocycles. The molecule has 0 saturated carbocycles. The maximum atomic E-state index is 11.3. The zero-order chi connectivity index (χ0) is 36.9. The first-order chi connectivity index (χ1) is 25.8. The maximum absolute atomic E-state index is 11.3. The smallest absolute Gasteiger partial charge is 0.373 e. The second kappa shape index (κ2) is 15.7. The van der Waals surface area contributed by atoms with Crippen LogP contribution in [0.5, 0.6) is 11.5 Å². The van der Waals surface area contributed by atoms with Gasteiger partial charge in [-0.2, -0.15) is 0 Å². The predicted octanol–water partition coefficient (Wildman–Crippen LogP) is 5.28. The summed E-state index contributed by atoms with van der Waals surface area (Å²) < 4.78 is 52.2. The number of anilines is 2. The molecule has 0 bridgehead atoms. The molecule has 0 unspecified atom stereocenters. The Morgan fingerprint density at radius 3 is 1.34 bits per heavy atom. The van der Waals surface area contributed by atoms with E-state index in [0.717, 1.165) is 23.8 Å². The van der Waals surface area contributed by atoms with Gasteiger partial charge in [-0.1, -0.05) is 0 Å². The molecule has 17 nitrogen and oxygen atoms in total. The normalized spacial score (nSPS) is 15.4. The third kappa shape index (κ3) is 7.76. The molecule has 1 aliphatic rings. The van der Waals surface area contributed by atoms with E-state index < -0.39 is 11.9 Å². The van der Waals surface area contributed by atoms with E-state index >= 15 is 0 Å². The minimum absolute atomic E-state index is 0.0454. The van der Waals surface area contributed by atoms with Gasteiger partial charge in [-0.15, -0.1) is 0 Å². The van der Waals surface area contributed by atoms with E-state index in [1.165, 1.54) is 0 Å². The molecule has 1 fully saturated rings. The number of methoxy groups -OCH3 is 2. The van der Waals surface area contributed by atoms with Crippen LogP contribution < -0.4 is 19.3 Å². The van der Waals surface area contributed by atoms with Crippen LogP contribution >= 0.6 is 0 Å². The van der Waals surface area contributed by atoms with Crippen molar-refractivity contribution in [2.75, 3.05) is 89.8 Å². The summed E-state index contributed by atoms with van der Waals surface area (Å²) in [5.74, 6) is -1.30. The number of carbonyl (C=O) groups is 2. The van der Waals surface area contributed by atoms with E-state index in [1.807, 2.05) is 24.3 Å². The van der Waals surface area contributed by atoms with Gasteiger partial charge in [0.2, 0.25) is 11.5 Å². The number of fused-ring (bicyclic) bond motifs is 2. The standard InChI is InChI=1S/C36H36N4O13/c1-45-25-13-21(15-27-23(25)17-29(50-27)33-37-19-31(52-33)35(41)42)39-3-7-47-8-4-40(6-10-49-12-11-48-9-5-39)22-14-26(46-2)24-18-30(51-28(24)16-22)34-38-20-32(53-34)36(43)44/h13-20H,3-12H2,1-2H3,(H,41,42)(H,43,44). The number of hydrogen-bond donors (Lipinski definition) is 2. The molecular formula is C36H36N4O13. The first-order valence-electron chi connectivity index (χ1n) is 16.7. The number of carboxylic acids is 2. The number of carboxylic acid groups (broad SMARTS) is 2. The van der Waals surface area contributed by atoms with Crippen LogP contribution in [-0.4, -0.2) is 112 Å². The van der Waals surface area contributed by atoms with E-state index in [1.54, 1.807) is 26.4 Å². The van der Waals surface area contributed by atoms with Crippen LogP contribution in [0.15, 0.2) is 66.5 Å². The van der Waals surface area contributed by atoms with E-state index in [0.29, 0.717) is 99.3 Å². The molecule has 1 saturated heterocycles. The lowest BCUT2D eigenvalue weighted by Crippen LogP contribution is -2.33. The van der Waals surface area contributed by atoms with Crippen molar-refractivity contribution < 1.29 is 61.2 Å². The number of benzene rings is 2. The highest BCUT2D eigenvalue weighted by atomic mass is 16.5. The lowest BCUT2D eigenvalue weighted by atomic mass is 10.2. The Hall–Kier alpha value is -6.04. The van der Waals surface area contributed by atoms with Gasteiger partial charge in [0.05, 0.1) is 77.0 Å². The van der Waals surface area contributed by atoms with Gasteiger partial charge in [0.15, 0.2) is 11.5 Å². The molecule has 2 aromatic carbocycles. The first-order valence-corrected chi connectivity index (χ1v) is 16.7. The van der Waals surface area contributed by atoms with Crippen molar-refractivity contribution in [3.8, 4) is 34.8 Å². The number of aromatic nitrogens is 2. The fourth-order valence-electron chi connectivity index (χ4n) is 5.94. The molecule has 278 valence electrons. The minimum Gasteiger partial charge on any atom is -0.496 e. The number of oxazole rings is 2. The van der Waals surface area contributed by atoms with E-state index in [9.17, 15) is 19.8 Å². The van der Waals surface area contributed by atoms with Gasteiger partial charge >= 0.3 is 11.9 Å². The lowest BCUT2D eigenvalue weighted by molar-refractivity contribution is 0.0530. The highest BCUT2D eigenvalue weighted by Crippen LogP contribution is 2.38. The molecule has 6 aromatic rings. The van der Waals surface area contributed by atoms with E-state index in [4.69, 9.17) is 41.4 Å². The second-order valence-electron chi connectivity index (χ2n) is 11.8. The Morgan fingerprint density at radius 2 is 0.981 bits per heavy atom.